The molecule has 0 bridgehead atoms. The third kappa shape index (κ3) is 3.43. The number of alkyl halides is 3. The van der Waals surface area contributed by atoms with E-state index in [9.17, 15) is 18.0 Å². The predicted octanol–water partition coefficient (Wildman–Crippen LogP) is 3.92. The van der Waals surface area contributed by atoms with Crippen LogP contribution in [0.1, 0.15) is 27.6 Å². The molecule has 0 aliphatic carbocycles. The number of halogens is 3. The number of rotatable bonds is 2. The number of carbonyl (C=O) groups excluding carboxylic acids is 1. The Labute approximate surface area is 137 Å². The monoisotopic (exact) mass is 335 g/mol. The van der Waals surface area contributed by atoms with Crippen molar-refractivity contribution in [3.63, 3.8) is 0 Å². The predicted molar refractivity (Wildman–Crippen MR) is 82.5 cm³/mol. The molecular weight excluding hydrogens is 319 g/mol. The molecule has 0 saturated carbocycles. The Balaban J connectivity index is 1.83. The van der Waals surface area contributed by atoms with Gasteiger partial charge in [-0.2, -0.15) is 13.2 Å². The Kier molecular flexibility index (Phi) is 4.57. The lowest BCUT2D eigenvalue weighted by atomic mass is 10.0. The minimum atomic E-state index is -4.56. The van der Waals surface area contributed by atoms with Crippen LogP contribution in [0.2, 0.25) is 0 Å². The number of benzene rings is 2. The van der Waals surface area contributed by atoms with Gasteiger partial charge in [-0.25, -0.2) is 0 Å². The fourth-order valence-corrected chi connectivity index (χ4v) is 2.79. The third-order valence-electron chi connectivity index (χ3n) is 3.99. The summed E-state index contributed by atoms with van der Waals surface area (Å²) in [5, 5.41) is 0. The summed E-state index contributed by atoms with van der Waals surface area (Å²) in [7, 11) is 0. The standard InChI is InChI=1S/C18H16F3NO2/c19-18(20,21)15-9-5-4-8-14(15)17(23)22-10-11-24-16(12-22)13-6-2-1-3-7-13/h1-9,16H,10-12H2/t16-/m1/s1. The van der Waals surface area contributed by atoms with Gasteiger partial charge < -0.3 is 9.64 Å². The van der Waals surface area contributed by atoms with Gasteiger partial charge in [0.2, 0.25) is 0 Å². The zero-order chi connectivity index (χ0) is 17.2. The summed E-state index contributed by atoms with van der Waals surface area (Å²) in [4.78, 5) is 14.0. The Morgan fingerprint density at radius 3 is 2.42 bits per heavy atom. The Hall–Kier alpha value is -2.34. The van der Waals surface area contributed by atoms with Crippen LogP contribution in [0.3, 0.4) is 0 Å². The average molecular weight is 335 g/mol. The second kappa shape index (κ2) is 6.65. The summed E-state index contributed by atoms with van der Waals surface area (Å²) in [6.07, 6.45) is -4.89. The third-order valence-corrected chi connectivity index (χ3v) is 3.99. The van der Waals surface area contributed by atoms with Gasteiger partial charge >= 0.3 is 6.18 Å². The second-order valence-corrected chi connectivity index (χ2v) is 5.56. The van der Waals surface area contributed by atoms with Crippen molar-refractivity contribution in [1.82, 2.24) is 4.90 Å². The van der Waals surface area contributed by atoms with Crippen LogP contribution in [0.4, 0.5) is 13.2 Å². The number of hydrogen-bond acceptors (Lipinski definition) is 2. The van der Waals surface area contributed by atoms with Crippen molar-refractivity contribution in [3.05, 3.63) is 71.3 Å². The van der Waals surface area contributed by atoms with E-state index >= 15 is 0 Å². The molecule has 126 valence electrons. The van der Waals surface area contributed by atoms with Crippen molar-refractivity contribution in [2.24, 2.45) is 0 Å². The number of carbonyl (C=O) groups is 1. The van der Waals surface area contributed by atoms with Gasteiger partial charge in [0.05, 0.1) is 24.3 Å². The summed E-state index contributed by atoms with van der Waals surface area (Å²) < 4.78 is 45.0. The highest BCUT2D eigenvalue weighted by Gasteiger charge is 2.36. The molecule has 1 aliphatic rings. The Morgan fingerprint density at radius 2 is 1.71 bits per heavy atom. The van der Waals surface area contributed by atoms with Crippen LogP contribution in [-0.4, -0.2) is 30.5 Å². The van der Waals surface area contributed by atoms with Crippen molar-refractivity contribution in [2.45, 2.75) is 12.3 Å². The molecule has 0 radical (unpaired) electrons. The van der Waals surface area contributed by atoms with Crippen molar-refractivity contribution in [1.29, 1.82) is 0 Å². The van der Waals surface area contributed by atoms with Crippen LogP contribution in [0.15, 0.2) is 54.6 Å². The first-order valence-corrected chi connectivity index (χ1v) is 7.59. The zero-order valence-electron chi connectivity index (χ0n) is 12.8. The summed E-state index contributed by atoms with van der Waals surface area (Å²) in [5.41, 5.74) is -0.324. The minimum Gasteiger partial charge on any atom is -0.370 e. The van der Waals surface area contributed by atoms with Gasteiger partial charge in [-0.3, -0.25) is 4.79 Å². The molecule has 2 aromatic rings. The molecule has 24 heavy (non-hydrogen) atoms. The molecule has 0 aromatic heterocycles. The quantitative estimate of drug-likeness (QED) is 0.832. The summed E-state index contributed by atoms with van der Waals surface area (Å²) in [6.45, 7) is 0.795. The van der Waals surface area contributed by atoms with E-state index in [-0.39, 0.29) is 24.8 Å². The van der Waals surface area contributed by atoms with E-state index in [0.717, 1.165) is 11.6 Å². The van der Waals surface area contributed by atoms with E-state index in [0.29, 0.717) is 6.61 Å². The lowest BCUT2D eigenvalue weighted by Gasteiger charge is -2.33. The Morgan fingerprint density at radius 1 is 1.04 bits per heavy atom. The molecule has 1 fully saturated rings. The number of morpholine rings is 1. The second-order valence-electron chi connectivity index (χ2n) is 5.56. The van der Waals surface area contributed by atoms with Gasteiger partial charge in [0.25, 0.3) is 5.91 Å². The minimum absolute atomic E-state index is 0.231. The normalized spacial score (nSPS) is 18.5. The highest BCUT2D eigenvalue weighted by Crippen LogP contribution is 2.33. The smallest absolute Gasteiger partial charge is 0.370 e. The van der Waals surface area contributed by atoms with Crippen LogP contribution in [0, 0.1) is 0 Å². The van der Waals surface area contributed by atoms with Gasteiger partial charge in [-0.15, -0.1) is 0 Å². The first-order valence-electron chi connectivity index (χ1n) is 7.59. The topological polar surface area (TPSA) is 29.5 Å². The van der Waals surface area contributed by atoms with Crippen LogP contribution in [0.5, 0.6) is 0 Å². The average Bonchev–Trinajstić information content (AvgIpc) is 2.61. The fourth-order valence-electron chi connectivity index (χ4n) is 2.79. The van der Waals surface area contributed by atoms with Crippen molar-refractivity contribution >= 4 is 5.91 Å². The molecule has 6 heteroatoms. The molecule has 3 nitrogen and oxygen atoms in total. The maximum Gasteiger partial charge on any atom is 0.417 e. The maximum atomic E-state index is 13.1. The van der Waals surface area contributed by atoms with Gasteiger partial charge in [0.15, 0.2) is 0 Å². The highest BCUT2D eigenvalue weighted by atomic mass is 19.4. The summed E-state index contributed by atoms with van der Waals surface area (Å²) in [6, 6.07) is 14.2. The molecule has 0 unspecified atom stereocenters. The molecule has 1 amide bonds. The molecule has 0 spiro atoms. The Bertz CT molecular complexity index is 716. The molecule has 0 N–H and O–H groups in total. The van der Waals surface area contributed by atoms with Gasteiger partial charge in [0.1, 0.15) is 6.10 Å². The van der Waals surface area contributed by atoms with E-state index in [2.05, 4.69) is 0 Å². The molecule has 1 heterocycles. The van der Waals surface area contributed by atoms with Gasteiger partial charge in [-0.1, -0.05) is 42.5 Å². The number of ether oxygens (including phenoxy) is 1. The van der Waals surface area contributed by atoms with Gasteiger partial charge in [-0.05, 0) is 17.7 Å². The van der Waals surface area contributed by atoms with Crippen LogP contribution in [0.25, 0.3) is 0 Å². The molecular formula is C18H16F3NO2. The van der Waals surface area contributed by atoms with E-state index < -0.39 is 17.6 Å². The number of amides is 1. The molecule has 2 aromatic carbocycles. The first-order chi connectivity index (χ1) is 11.5. The van der Waals surface area contributed by atoms with E-state index in [1.54, 1.807) is 0 Å². The number of hydrogen-bond donors (Lipinski definition) is 0. The number of nitrogens with zero attached hydrogens (tertiary/aromatic N) is 1. The molecule has 1 aliphatic heterocycles. The summed E-state index contributed by atoms with van der Waals surface area (Å²) >= 11 is 0. The van der Waals surface area contributed by atoms with Crippen LogP contribution in [-0.2, 0) is 10.9 Å². The lowest BCUT2D eigenvalue weighted by Crippen LogP contribution is -2.42. The molecule has 3 rings (SSSR count). The van der Waals surface area contributed by atoms with Crippen LogP contribution < -0.4 is 0 Å². The molecule has 1 atom stereocenters. The molecule has 1 saturated heterocycles. The van der Waals surface area contributed by atoms with Crippen molar-refractivity contribution < 1.29 is 22.7 Å². The highest BCUT2D eigenvalue weighted by molar-refractivity contribution is 5.96. The fraction of sp³-hybridized carbons (Fsp3) is 0.278. The van der Waals surface area contributed by atoms with Gasteiger partial charge in [0, 0.05) is 6.54 Å². The van der Waals surface area contributed by atoms with E-state index in [4.69, 9.17) is 4.74 Å². The lowest BCUT2D eigenvalue weighted by molar-refractivity contribution is -0.138. The van der Waals surface area contributed by atoms with Crippen molar-refractivity contribution in [2.75, 3.05) is 19.7 Å². The van der Waals surface area contributed by atoms with E-state index in [1.807, 2.05) is 30.3 Å². The van der Waals surface area contributed by atoms with Crippen molar-refractivity contribution in [3.8, 4) is 0 Å². The first kappa shape index (κ1) is 16.5. The van der Waals surface area contributed by atoms with E-state index in [1.165, 1.54) is 23.1 Å². The SMILES string of the molecule is O=C(c1ccccc1C(F)(F)F)N1CCO[C@@H](c2ccccc2)C1. The largest absolute Gasteiger partial charge is 0.417 e. The maximum absolute atomic E-state index is 13.1. The zero-order valence-corrected chi connectivity index (χ0v) is 12.8. The van der Waals surface area contributed by atoms with Crippen LogP contribution >= 0.6 is 0 Å². The summed E-state index contributed by atoms with van der Waals surface area (Å²) in [5.74, 6) is -0.618.